The summed E-state index contributed by atoms with van der Waals surface area (Å²) in [6.07, 6.45) is 0. The van der Waals surface area contributed by atoms with Crippen molar-refractivity contribution in [1.29, 1.82) is 0 Å². The van der Waals surface area contributed by atoms with Gasteiger partial charge in [-0.3, -0.25) is 9.80 Å². The summed E-state index contributed by atoms with van der Waals surface area (Å²) in [5.41, 5.74) is 2.07. The van der Waals surface area contributed by atoms with Crippen molar-refractivity contribution in [2.24, 2.45) is 0 Å². The van der Waals surface area contributed by atoms with Gasteiger partial charge in [-0.25, -0.2) is 0 Å². The molecule has 0 saturated carbocycles. The van der Waals surface area contributed by atoms with Gasteiger partial charge < -0.3 is 9.26 Å². The Morgan fingerprint density at radius 2 is 1.71 bits per heavy atom. The van der Waals surface area contributed by atoms with Crippen LogP contribution < -0.4 is 4.74 Å². The molecular weight excluding hydrogens is 376 g/mol. The molecule has 1 aliphatic heterocycles. The molecule has 6 nitrogen and oxygen atoms in total. The lowest BCUT2D eigenvalue weighted by Crippen LogP contribution is -2.45. The Bertz CT molecular complexity index is 908. The Hall–Kier alpha value is -2.41. The fourth-order valence-corrected chi connectivity index (χ4v) is 3.63. The number of rotatable bonds is 6. The summed E-state index contributed by atoms with van der Waals surface area (Å²) in [5, 5.41) is 4.87. The van der Waals surface area contributed by atoms with Gasteiger partial charge in [-0.2, -0.15) is 4.98 Å². The van der Waals surface area contributed by atoms with Crippen LogP contribution in [0.3, 0.4) is 0 Å². The van der Waals surface area contributed by atoms with E-state index in [9.17, 15) is 0 Å². The lowest BCUT2D eigenvalue weighted by molar-refractivity contribution is 0.118. The minimum absolute atomic E-state index is 0.572. The maximum absolute atomic E-state index is 6.15. The lowest BCUT2D eigenvalue weighted by atomic mass is 10.1. The summed E-state index contributed by atoms with van der Waals surface area (Å²) in [5.74, 6) is 2.18. The zero-order valence-electron chi connectivity index (χ0n) is 15.8. The third-order valence-electron chi connectivity index (χ3n) is 4.96. The number of piperazine rings is 1. The molecule has 2 heterocycles. The summed E-state index contributed by atoms with van der Waals surface area (Å²) in [4.78, 5) is 9.30. The van der Waals surface area contributed by atoms with Crippen molar-refractivity contribution in [2.75, 3.05) is 33.3 Å². The van der Waals surface area contributed by atoms with Crippen LogP contribution in [0.5, 0.6) is 5.75 Å². The van der Waals surface area contributed by atoms with Crippen molar-refractivity contribution < 1.29 is 9.26 Å². The number of halogens is 1. The van der Waals surface area contributed by atoms with E-state index in [1.807, 2.05) is 48.5 Å². The molecule has 2 aromatic carbocycles. The molecule has 0 unspecified atom stereocenters. The van der Waals surface area contributed by atoms with Crippen LogP contribution in [0.1, 0.15) is 11.4 Å². The van der Waals surface area contributed by atoms with Crippen molar-refractivity contribution in [1.82, 2.24) is 19.9 Å². The molecule has 1 aliphatic rings. The molecule has 0 N–H and O–H groups in total. The van der Waals surface area contributed by atoms with Gasteiger partial charge in [-0.1, -0.05) is 35.0 Å². The molecule has 0 atom stereocenters. The van der Waals surface area contributed by atoms with Crippen molar-refractivity contribution >= 4 is 11.6 Å². The number of benzene rings is 2. The van der Waals surface area contributed by atoms with E-state index < -0.39 is 0 Å². The highest BCUT2D eigenvalue weighted by Gasteiger charge is 2.20. The predicted octanol–water partition coefficient (Wildman–Crippen LogP) is 3.72. The van der Waals surface area contributed by atoms with E-state index in [-0.39, 0.29) is 0 Å². The van der Waals surface area contributed by atoms with Crippen LogP contribution in [-0.4, -0.2) is 53.2 Å². The summed E-state index contributed by atoms with van der Waals surface area (Å²) in [7, 11) is 1.69. The molecule has 1 saturated heterocycles. The topological polar surface area (TPSA) is 54.6 Å². The summed E-state index contributed by atoms with van der Waals surface area (Å²) < 4.78 is 10.9. The first-order chi connectivity index (χ1) is 13.7. The first kappa shape index (κ1) is 18.9. The minimum atomic E-state index is 0.572. The SMILES string of the molecule is COc1ccc(Cl)cc1CN1CCN(Cc2noc(-c3ccccc3)n2)CC1. The maximum Gasteiger partial charge on any atom is 0.257 e. The number of aromatic nitrogens is 2. The minimum Gasteiger partial charge on any atom is -0.496 e. The molecular formula is C21H23ClN4O2. The highest BCUT2D eigenvalue weighted by molar-refractivity contribution is 6.30. The Morgan fingerprint density at radius 1 is 1.00 bits per heavy atom. The molecule has 0 spiro atoms. The second-order valence-corrected chi connectivity index (χ2v) is 7.33. The van der Waals surface area contributed by atoms with Crippen LogP contribution in [0.2, 0.25) is 5.02 Å². The number of methoxy groups -OCH3 is 1. The van der Waals surface area contributed by atoms with Gasteiger partial charge in [-0.05, 0) is 30.3 Å². The van der Waals surface area contributed by atoms with Crippen LogP contribution >= 0.6 is 11.6 Å². The first-order valence-electron chi connectivity index (χ1n) is 9.36. The van der Waals surface area contributed by atoms with E-state index in [1.165, 1.54) is 0 Å². The molecule has 1 aromatic heterocycles. The zero-order valence-corrected chi connectivity index (χ0v) is 16.6. The average molecular weight is 399 g/mol. The van der Waals surface area contributed by atoms with E-state index in [1.54, 1.807) is 7.11 Å². The predicted molar refractivity (Wildman–Crippen MR) is 108 cm³/mol. The second kappa shape index (κ2) is 8.73. The highest BCUT2D eigenvalue weighted by Crippen LogP contribution is 2.24. The molecule has 146 valence electrons. The van der Waals surface area contributed by atoms with Crippen molar-refractivity contribution in [3.63, 3.8) is 0 Å². The first-order valence-corrected chi connectivity index (χ1v) is 9.74. The van der Waals surface area contributed by atoms with Gasteiger partial charge in [0.1, 0.15) is 5.75 Å². The van der Waals surface area contributed by atoms with Gasteiger partial charge in [0.2, 0.25) is 0 Å². The highest BCUT2D eigenvalue weighted by atomic mass is 35.5. The van der Waals surface area contributed by atoms with Crippen LogP contribution in [-0.2, 0) is 13.1 Å². The number of nitrogens with zero attached hydrogens (tertiary/aromatic N) is 4. The zero-order chi connectivity index (χ0) is 19.3. The van der Waals surface area contributed by atoms with E-state index in [4.69, 9.17) is 20.9 Å². The standard InChI is InChI=1S/C21H23ClN4O2/c1-27-19-8-7-18(22)13-17(19)14-25-9-11-26(12-10-25)15-20-23-21(28-24-20)16-5-3-2-4-6-16/h2-8,13H,9-12,14-15H2,1H3. The van der Waals surface area contributed by atoms with Gasteiger partial charge >= 0.3 is 0 Å². The van der Waals surface area contributed by atoms with Crippen LogP contribution in [0.15, 0.2) is 53.1 Å². The van der Waals surface area contributed by atoms with Gasteiger partial charge in [-0.15, -0.1) is 0 Å². The van der Waals surface area contributed by atoms with Gasteiger partial charge in [0, 0.05) is 48.9 Å². The summed E-state index contributed by atoms with van der Waals surface area (Å²) in [6.45, 7) is 5.39. The van der Waals surface area contributed by atoms with Crippen LogP contribution in [0.25, 0.3) is 11.5 Å². The molecule has 0 bridgehead atoms. The average Bonchev–Trinajstić information content (AvgIpc) is 3.19. The smallest absolute Gasteiger partial charge is 0.257 e. The molecule has 0 radical (unpaired) electrons. The van der Waals surface area contributed by atoms with Crippen LogP contribution in [0, 0.1) is 0 Å². The van der Waals surface area contributed by atoms with Crippen LogP contribution in [0.4, 0.5) is 0 Å². The third-order valence-corrected chi connectivity index (χ3v) is 5.19. The Balaban J connectivity index is 1.31. The van der Waals surface area contributed by atoms with E-state index >= 15 is 0 Å². The fourth-order valence-electron chi connectivity index (χ4n) is 3.43. The Labute approximate surface area is 169 Å². The number of hydrogen-bond acceptors (Lipinski definition) is 6. The molecule has 0 amide bonds. The second-order valence-electron chi connectivity index (χ2n) is 6.89. The molecule has 0 aliphatic carbocycles. The molecule has 3 aromatic rings. The Kier molecular flexibility index (Phi) is 5.90. The number of hydrogen-bond donors (Lipinski definition) is 0. The monoisotopic (exact) mass is 398 g/mol. The van der Waals surface area contributed by atoms with E-state index in [2.05, 4.69) is 19.9 Å². The Morgan fingerprint density at radius 3 is 2.43 bits per heavy atom. The molecule has 28 heavy (non-hydrogen) atoms. The normalized spacial score (nSPS) is 15.6. The lowest BCUT2D eigenvalue weighted by Gasteiger charge is -2.34. The number of ether oxygens (including phenoxy) is 1. The maximum atomic E-state index is 6.15. The quantitative estimate of drug-likeness (QED) is 0.630. The molecule has 4 rings (SSSR count). The largest absolute Gasteiger partial charge is 0.496 e. The van der Waals surface area contributed by atoms with Gasteiger partial charge in [0.25, 0.3) is 5.89 Å². The summed E-state index contributed by atoms with van der Waals surface area (Å²) >= 11 is 6.15. The molecule has 1 fully saturated rings. The fraction of sp³-hybridized carbons (Fsp3) is 0.333. The van der Waals surface area contributed by atoms with Crippen molar-refractivity contribution in [3.8, 4) is 17.2 Å². The summed E-state index contributed by atoms with van der Waals surface area (Å²) in [6, 6.07) is 15.6. The van der Waals surface area contributed by atoms with Crippen molar-refractivity contribution in [2.45, 2.75) is 13.1 Å². The molecule has 7 heteroatoms. The van der Waals surface area contributed by atoms with Crippen molar-refractivity contribution in [3.05, 3.63) is 64.9 Å². The van der Waals surface area contributed by atoms with Gasteiger partial charge in [0.05, 0.1) is 13.7 Å². The van der Waals surface area contributed by atoms with E-state index in [0.29, 0.717) is 12.4 Å². The third kappa shape index (κ3) is 4.52. The van der Waals surface area contributed by atoms with Gasteiger partial charge in [0.15, 0.2) is 5.82 Å². The van der Waals surface area contributed by atoms with E-state index in [0.717, 1.165) is 60.4 Å².